The molecule has 0 aromatic heterocycles. The second-order valence-corrected chi connectivity index (χ2v) is 11.7. The van der Waals surface area contributed by atoms with Crippen LogP contribution in [-0.4, -0.2) is 0 Å². The zero-order valence-corrected chi connectivity index (χ0v) is 24.7. The largest absolute Gasteiger partial charge is 0.0996 e. The Hall–Kier alpha value is -0.780. The number of rotatable bonds is 24. The lowest BCUT2D eigenvalue weighted by atomic mass is 9.73. The maximum atomic E-state index is 4.54. The van der Waals surface area contributed by atoms with E-state index in [-0.39, 0.29) is 0 Å². The molecule has 3 unspecified atom stereocenters. The van der Waals surface area contributed by atoms with Crippen LogP contribution in [0.25, 0.3) is 0 Å². The van der Waals surface area contributed by atoms with Gasteiger partial charge >= 0.3 is 0 Å². The highest BCUT2D eigenvalue weighted by molar-refractivity contribution is 5.26. The third kappa shape index (κ3) is 16.0. The molecule has 0 saturated heterocycles. The Balaban J connectivity index is 5.06. The molecular formula is C34H64. The molecule has 0 aromatic rings. The van der Waals surface area contributed by atoms with Gasteiger partial charge in [0, 0.05) is 0 Å². The quantitative estimate of drug-likeness (QED) is 0.0744. The zero-order valence-electron chi connectivity index (χ0n) is 24.7. The summed E-state index contributed by atoms with van der Waals surface area (Å²) in [5.74, 6) is 2.75. The van der Waals surface area contributed by atoms with Crippen molar-refractivity contribution in [3.05, 3.63) is 36.5 Å². The van der Waals surface area contributed by atoms with Crippen LogP contribution in [-0.2, 0) is 0 Å². The van der Waals surface area contributed by atoms with Crippen LogP contribution in [0.1, 0.15) is 157 Å². The minimum absolute atomic E-state index is 0.595. The second-order valence-electron chi connectivity index (χ2n) is 11.7. The lowest BCUT2D eigenvalue weighted by molar-refractivity contribution is 0.264. The van der Waals surface area contributed by atoms with Crippen LogP contribution < -0.4 is 0 Å². The lowest BCUT2D eigenvalue weighted by Crippen LogP contribution is -2.21. The molecule has 34 heavy (non-hydrogen) atoms. The van der Waals surface area contributed by atoms with Gasteiger partial charge in [-0.2, -0.15) is 0 Å². The highest BCUT2D eigenvalue weighted by atomic mass is 14.3. The first-order valence-corrected chi connectivity index (χ1v) is 15.3. The summed E-state index contributed by atoms with van der Waals surface area (Å²) < 4.78 is 0. The van der Waals surface area contributed by atoms with Crippen LogP contribution in [0, 0.1) is 23.7 Å². The smallest absolute Gasteiger partial charge is 0.0135 e. The van der Waals surface area contributed by atoms with Gasteiger partial charge in [-0.3, -0.25) is 0 Å². The summed E-state index contributed by atoms with van der Waals surface area (Å²) in [4.78, 5) is 0. The van der Waals surface area contributed by atoms with Gasteiger partial charge in [-0.1, -0.05) is 143 Å². The van der Waals surface area contributed by atoms with Gasteiger partial charge in [0.25, 0.3) is 0 Å². The van der Waals surface area contributed by atoms with E-state index in [2.05, 4.69) is 61.3 Å². The fraction of sp³-hybridized carbons (Fsp3) is 0.824. The van der Waals surface area contributed by atoms with Crippen molar-refractivity contribution >= 4 is 0 Å². The van der Waals surface area contributed by atoms with Gasteiger partial charge in [-0.25, -0.2) is 0 Å². The van der Waals surface area contributed by atoms with Crippen molar-refractivity contribution in [1.29, 1.82) is 0 Å². The molecule has 0 aliphatic rings. The first-order chi connectivity index (χ1) is 16.3. The molecule has 0 aliphatic carbocycles. The molecule has 3 atom stereocenters. The average molecular weight is 473 g/mol. The molecule has 0 radical (unpaired) electrons. The maximum Gasteiger partial charge on any atom is -0.0135 e. The van der Waals surface area contributed by atoms with Gasteiger partial charge in [-0.15, -0.1) is 0 Å². The van der Waals surface area contributed by atoms with Gasteiger partial charge in [0.05, 0.1) is 0 Å². The summed E-state index contributed by atoms with van der Waals surface area (Å²) in [6.07, 6.45) is 24.4. The standard InChI is InChI=1S/C34H64/c1-10-13-15-16-17-18-19-20-22-24-33(34(27-28(4)5)31(9)29(6)7)26-25-32(30(8)12-3)23-21-14-11-2/h28,32-34H,6,8-27H2,1-5,7H3. The molecule has 0 N–H and O–H groups in total. The van der Waals surface area contributed by atoms with Gasteiger partial charge in [-0.05, 0) is 74.7 Å². The van der Waals surface area contributed by atoms with Crippen molar-refractivity contribution in [3.8, 4) is 0 Å². The fourth-order valence-corrected chi connectivity index (χ4v) is 5.60. The Labute approximate surface area is 217 Å². The van der Waals surface area contributed by atoms with E-state index < -0.39 is 0 Å². The zero-order chi connectivity index (χ0) is 25.8. The Morgan fingerprint density at radius 2 is 1.12 bits per heavy atom. The highest BCUT2D eigenvalue weighted by Gasteiger charge is 2.26. The molecule has 0 saturated carbocycles. The van der Waals surface area contributed by atoms with E-state index >= 15 is 0 Å². The van der Waals surface area contributed by atoms with Crippen molar-refractivity contribution in [2.45, 2.75) is 157 Å². The molecule has 200 valence electrons. The predicted octanol–water partition coefficient (Wildman–Crippen LogP) is 12.3. The summed E-state index contributed by atoms with van der Waals surface area (Å²) in [7, 11) is 0. The van der Waals surface area contributed by atoms with E-state index in [1.54, 1.807) is 0 Å². The molecule has 0 fully saturated rings. The molecule has 0 heteroatoms. The SMILES string of the molecule is C=C(C)C(=C)C(CC(C)C)C(CCCCCCCCCCC)CCC(CCCCC)C(=C)CC. The topological polar surface area (TPSA) is 0 Å². The monoisotopic (exact) mass is 473 g/mol. The van der Waals surface area contributed by atoms with Crippen molar-refractivity contribution in [3.63, 3.8) is 0 Å². The summed E-state index contributed by atoms with van der Waals surface area (Å²) in [5, 5.41) is 0. The van der Waals surface area contributed by atoms with Crippen molar-refractivity contribution in [2.24, 2.45) is 23.7 Å². The van der Waals surface area contributed by atoms with E-state index in [1.807, 2.05) is 0 Å². The summed E-state index contributed by atoms with van der Waals surface area (Å²) in [6.45, 7) is 27.1. The number of hydrogen-bond donors (Lipinski definition) is 0. The normalized spacial score (nSPS) is 14.2. The van der Waals surface area contributed by atoms with Crippen molar-refractivity contribution in [2.75, 3.05) is 0 Å². The van der Waals surface area contributed by atoms with E-state index in [4.69, 9.17) is 0 Å². The molecule has 0 heterocycles. The molecule has 0 aliphatic heterocycles. The van der Waals surface area contributed by atoms with E-state index in [0.717, 1.165) is 12.3 Å². The second kappa shape index (κ2) is 21.5. The third-order valence-electron chi connectivity index (χ3n) is 8.04. The minimum atomic E-state index is 0.595. The third-order valence-corrected chi connectivity index (χ3v) is 8.04. The number of unbranched alkanes of at least 4 members (excludes halogenated alkanes) is 10. The van der Waals surface area contributed by atoms with Gasteiger partial charge in [0.2, 0.25) is 0 Å². The van der Waals surface area contributed by atoms with Crippen LogP contribution in [0.3, 0.4) is 0 Å². The predicted molar refractivity (Wildman–Crippen MR) is 159 cm³/mol. The minimum Gasteiger partial charge on any atom is -0.0996 e. The molecule has 0 bridgehead atoms. The fourth-order valence-electron chi connectivity index (χ4n) is 5.60. The summed E-state index contributed by atoms with van der Waals surface area (Å²) in [5.41, 5.74) is 4.00. The van der Waals surface area contributed by atoms with Gasteiger partial charge in [0.1, 0.15) is 0 Å². The van der Waals surface area contributed by atoms with E-state index in [1.165, 1.54) is 126 Å². The lowest BCUT2D eigenvalue weighted by Gasteiger charge is -2.32. The van der Waals surface area contributed by atoms with E-state index in [9.17, 15) is 0 Å². The van der Waals surface area contributed by atoms with Crippen LogP contribution in [0.4, 0.5) is 0 Å². The first kappa shape index (κ1) is 33.2. The molecule has 0 spiro atoms. The molecule has 0 nitrogen and oxygen atoms in total. The Kier molecular flexibility index (Phi) is 21.0. The summed E-state index contributed by atoms with van der Waals surface area (Å²) >= 11 is 0. The Bertz CT molecular complexity index is 522. The molecule has 0 aromatic carbocycles. The number of hydrogen-bond acceptors (Lipinski definition) is 0. The Morgan fingerprint density at radius 1 is 0.618 bits per heavy atom. The van der Waals surface area contributed by atoms with Crippen LogP contribution in [0.5, 0.6) is 0 Å². The van der Waals surface area contributed by atoms with E-state index in [0.29, 0.717) is 17.8 Å². The van der Waals surface area contributed by atoms with Crippen LogP contribution in [0.15, 0.2) is 36.5 Å². The van der Waals surface area contributed by atoms with Crippen molar-refractivity contribution in [1.82, 2.24) is 0 Å². The first-order valence-electron chi connectivity index (χ1n) is 15.3. The van der Waals surface area contributed by atoms with Gasteiger partial charge < -0.3 is 0 Å². The summed E-state index contributed by atoms with van der Waals surface area (Å²) in [6, 6.07) is 0. The average Bonchev–Trinajstić information content (AvgIpc) is 2.81. The Morgan fingerprint density at radius 3 is 1.62 bits per heavy atom. The van der Waals surface area contributed by atoms with Crippen LogP contribution in [0.2, 0.25) is 0 Å². The maximum absolute atomic E-state index is 4.54. The molecular weight excluding hydrogens is 408 g/mol. The molecule has 0 rings (SSSR count). The van der Waals surface area contributed by atoms with Crippen molar-refractivity contribution < 1.29 is 0 Å². The molecule has 0 amide bonds. The highest BCUT2D eigenvalue weighted by Crippen LogP contribution is 2.38. The van der Waals surface area contributed by atoms with Crippen LogP contribution >= 0.6 is 0 Å². The number of allylic oxidation sites excluding steroid dienone is 3. The van der Waals surface area contributed by atoms with Gasteiger partial charge in [0.15, 0.2) is 0 Å².